The fraction of sp³-hybridized carbons (Fsp3) is 0.500. The van der Waals surface area contributed by atoms with E-state index in [9.17, 15) is 9.59 Å². The molecule has 0 unspecified atom stereocenters. The molecule has 1 atom stereocenters. The van der Waals surface area contributed by atoms with Gasteiger partial charge in [0.05, 0.1) is 12.7 Å². The van der Waals surface area contributed by atoms with Gasteiger partial charge >= 0.3 is 0 Å². The Kier molecular flexibility index (Phi) is 7.35. The SMILES string of the molecule is O=C(NCCCN1CCC2(CC1)C(=O)NCN2c1ccccc1)[C@H]1CCCN1Cc1ccccc1. The van der Waals surface area contributed by atoms with Crippen LogP contribution in [-0.2, 0) is 16.1 Å². The van der Waals surface area contributed by atoms with Gasteiger partial charge in [0.1, 0.15) is 5.54 Å². The number of amides is 2. The molecule has 3 aliphatic rings. The fourth-order valence-electron chi connectivity index (χ4n) is 5.94. The Hall–Kier alpha value is -2.90. The maximum Gasteiger partial charge on any atom is 0.247 e. The lowest BCUT2D eigenvalue weighted by molar-refractivity contribution is -0.126. The summed E-state index contributed by atoms with van der Waals surface area (Å²) in [5, 5.41) is 6.26. The van der Waals surface area contributed by atoms with Crippen LogP contribution in [0, 0.1) is 0 Å². The van der Waals surface area contributed by atoms with Crippen LogP contribution in [0.1, 0.15) is 37.7 Å². The number of nitrogens with one attached hydrogen (secondary N) is 2. The van der Waals surface area contributed by atoms with Crippen LogP contribution in [0.3, 0.4) is 0 Å². The van der Waals surface area contributed by atoms with Gasteiger partial charge in [0.15, 0.2) is 0 Å². The Morgan fingerprint density at radius 2 is 1.71 bits per heavy atom. The Balaban J connectivity index is 1.06. The van der Waals surface area contributed by atoms with Crippen molar-refractivity contribution in [2.75, 3.05) is 44.3 Å². The summed E-state index contributed by atoms with van der Waals surface area (Å²) in [6, 6.07) is 20.6. The van der Waals surface area contributed by atoms with Crippen molar-refractivity contribution in [1.29, 1.82) is 0 Å². The lowest BCUT2D eigenvalue weighted by atomic mass is 9.85. The number of para-hydroxylation sites is 1. The van der Waals surface area contributed by atoms with Crippen LogP contribution in [0.25, 0.3) is 0 Å². The molecular formula is C28H37N5O2. The molecule has 186 valence electrons. The average molecular weight is 476 g/mol. The molecule has 35 heavy (non-hydrogen) atoms. The Labute approximate surface area is 208 Å². The number of anilines is 1. The molecule has 3 fully saturated rings. The number of carbonyl (C=O) groups is 2. The molecule has 2 N–H and O–H groups in total. The number of benzene rings is 2. The van der Waals surface area contributed by atoms with Crippen molar-refractivity contribution in [2.24, 2.45) is 0 Å². The molecule has 1 spiro atoms. The minimum absolute atomic E-state index is 0.0186. The second-order valence-electron chi connectivity index (χ2n) is 10.1. The smallest absolute Gasteiger partial charge is 0.247 e. The number of likely N-dealkylation sites (tertiary alicyclic amines) is 2. The van der Waals surface area contributed by atoms with E-state index in [2.05, 4.69) is 61.7 Å². The highest BCUT2D eigenvalue weighted by molar-refractivity contribution is 5.93. The molecule has 3 saturated heterocycles. The van der Waals surface area contributed by atoms with Gasteiger partial charge in [0.2, 0.25) is 11.8 Å². The highest BCUT2D eigenvalue weighted by atomic mass is 16.2. The van der Waals surface area contributed by atoms with Gasteiger partial charge in [-0.3, -0.25) is 14.5 Å². The summed E-state index contributed by atoms with van der Waals surface area (Å²) < 4.78 is 0. The molecule has 3 heterocycles. The predicted octanol–water partition coefficient (Wildman–Crippen LogP) is 2.59. The molecule has 2 aromatic carbocycles. The molecule has 0 saturated carbocycles. The molecule has 2 aromatic rings. The second-order valence-corrected chi connectivity index (χ2v) is 10.1. The zero-order chi connectivity index (χ0) is 24.1. The summed E-state index contributed by atoms with van der Waals surface area (Å²) in [5.41, 5.74) is 1.93. The van der Waals surface area contributed by atoms with Crippen LogP contribution < -0.4 is 15.5 Å². The van der Waals surface area contributed by atoms with Crippen LogP contribution in [0.4, 0.5) is 5.69 Å². The van der Waals surface area contributed by atoms with Gasteiger partial charge in [-0.05, 0) is 62.9 Å². The van der Waals surface area contributed by atoms with Crippen LogP contribution >= 0.6 is 0 Å². The minimum Gasteiger partial charge on any atom is -0.355 e. The van der Waals surface area contributed by atoms with Gasteiger partial charge in [-0.15, -0.1) is 0 Å². The summed E-state index contributed by atoms with van der Waals surface area (Å²) in [5.74, 6) is 0.321. The maximum absolute atomic E-state index is 12.9. The predicted molar refractivity (Wildman–Crippen MR) is 138 cm³/mol. The fourth-order valence-corrected chi connectivity index (χ4v) is 5.94. The van der Waals surface area contributed by atoms with E-state index in [0.29, 0.717) is 13.2 Å². The number of hydrogen-bond acceptors (Lipinski definition) is 5. The zero-order valence-electron chi connectivity index (χ0n) is 20.5. The van der Waals surface area contributed by atoms with E-state index in [1.165, 1.54) is 5.56 Å². The third-order valence-corrected chi connectivity index (χ3v) is 7.93. The van der Waals surface area contributed by atoms with E-state index in [1.807, 2.05) is 24.3 Å². The number of rotatable bonds is 8. The third-order valence-electron chi connectivity index (χ3n) is 7.93. The lowest BCUT2D eigenvalue weighted by Gasteiger charge is -2.43. The van der Waals surface area contributed by atoms with E-state index in [0.717, 1.165) is 70.5 Å². The third kappa shape index (κ3) is 5.21. The molecule has 0 aromatic heterocycles. The number of nitrogens with zero attached hydrogens (tertiary/aromatic N) is 3. The van der Waals surface area contributed by atoms with E-state index in [-0.39, 0.29) is 17.9 Å². The standard InChI is InChI=1S/C28H37N5O2/c34-26(25-13-7-18-32(25)21-23-9-3-1-4-10-23)29-16-8-17-31-19-14-28(15-20-31)27(35)30-22-33(28)24-11-5-2-6-12-24/h1-6,9-12,25H,7-8,13-22H2,(H,29,34)(H,30,35)/t25-/m1/s1. The lowest BCUT2D eigenvalue weighted by Crippen LogP contribution is -2.56. The van der Waals surface area contributed by atoms with Gasteiger partial charge in [-0.25, -0.2) is 0 Å². The first-order valence-electron chi connectivity index (χ1n) is 13.0. The van der Waals surface area contributed by atoms with Crippen molar-refractivity contribution < 1.29 is 9.59 Å². The summed E-state index contributed by atoms with van der Waals surface area (Å²) >= 11 is 0. The highest BCUT2D eigenvalue weighted by Crippen LogP contribution is 2.36. The minimum atomic E-state index is -0.434. The Bertz CT molecular complexity index is 991. The van der Waals surface area contributed by atoms with Crippen molar-refractivity contribution in [3.8, 4) is 0 Å². The zero-order valence-corrected chi connectivity index (χ0v) is 20.5. The van der Waals surface area contributed by atoms with E-state index >= 15 is 0 Å². The summed E-state index contributed by atoms with van der Waals surface area (Å²) in [6.07, 6.45) is 4.60. The van der Waals surface area contributed by atoms with Crippen LogP contribution in [0.15, 0.2) is 60.7 Å². The molecule has 0 aliphatic carbocycles. The normalized spacial score (nSPS) is 22.5. The van der Waals surface area contributed by atoms with Gasteiger partial charge < -0.3 is 20.4 Å². The molecule has 0 bridgehead atoms. The number of carbonyl (C=O) groups excluding carboxylic acids is 2. The monoisotopic (exact) mass is 475 g/mol. The molecule has 3 aliphatic heterocycles. The van der Waals surface area contributed by atoms with Crippen LogP contribution in [-0.4, -0.2) is 72.6 Å². The first-order chi connectivity index (χ1) is 17.2. The van der Waals surface area contributed by atoms with Gasteiger partial charge in [0, 0.05) is 31.9 Å². The van der Waals surface area contributed by atoms with Crippen molar-refractivity contribution in [3.05, 3.63) is 66.2 Å². The molecule has 0 radical (unpaired) electrons. The molecule has 5 rings (SSSR count). The topological polar surface area (TPSA) is 67.9 Å². The summed E-state index contributed by atoms with van der Waals surface area (Å²) in [7, 11) is 0. The quantitative estimate of drug-likeness (QED) is 0.575. The van der Waals surface area contributed by atoms with E-state index < -0.39 is 5.54 Å². The summed E-state index contributed by atoms with van der Waals surface area (Å²) in [4.78, 5) is 32.7. The largest absolute Gasteiger partial charge is 0.355 e. The van der Waals surface area contributed by atoms with Crippen molar-refractivity contribution in [3.63, 3.8) is 0 Å². The first kappa shape index (κ1) is 23.8. The van der Waals surface area contributed by atoms with E-state index in [4.69, 9.17) is 0 Å². The second kappa shape index (κ2) is 10.8. The molecule has 7 heteroatoms. The van der Waals surface area contributed by atoms with Gasteiger partial charge in [-0.1, -0.05) is 48.5 Å². The average Bonchev–Trinajstić information content (AvgIpc) is 3.48. The molecule has 2 amide bonds. The van der Waals surface area contributed by atoms with Crippen molar-refractivity contribution >= 4 is 17.5 Å². The highest BCUT2D eigenvalue weighted by Gasteiger charge is 2.50. The first-order valence-corrected chi connectivity index (χ1v) is 13.0. The number of piperidine rings is 1. The van der Waals surface area contributed by atoms with Gasteiger partial charge in [-0.2, -0.15) is 0 Å². The Morgan fingerprint density at radius 3 is 2.46 bits per heavy atom. The number of hydrogen-bond donors (Lipinski definition) is 2. The summed E-state index contributed by atoms with van der Waals surface area (Å²) in [6.45, 7) is 5.85. The molecular weight excluding hydrogens is 438 g/mol. The van der Waals surface area contributed by atoms with Gasteiger partial charge in [0.25, 0.3) is 0 Å². The van der Waals surface area contributed by atoms with Crippen molar-refractivity contribution in [2.45, 2.75) is 50.2 Å². The van der Waals surface area contributed by atoms with Crippen LogP contribution in [0.2, 0.25) is 0 Å². The van der Waals surface area contributed by atoms with E-state index in [1.54, 1.807) is 0 Å². The molecule has 7 nitrogen and oxygen atoms in total. The Morgan fingerprint density at radius 1 is 1.00 bits per heavy atom. The van der Waals surface area contributed by atoms with Crippen LogP contribution in [0.5, 0.6) is 0 Å². The van der Waals surface area contributed by atoms with Crippen molar-refractivity contribution in [1.82, 2.24) is 20.4 Å². The maximum atomic E-state index is 12.9.